The van der Waals surface area contributed by atoms with Gasteiger partial charge in [0.2, 0.25) is 11.7 Å². The topological polar surface area (TPSA) is 114 Å². The van der Waals surface area contributed by atoms with Crippen LogP contribution in [0.2, 0.25) is 0 Å². The lowest BCUT2D eigenvalue weighted by Crippen LogP contribution is -2.15. The number of amides is 2. The minimum Gasteiger partial charge on any atom is -0.369 e. The molecule has 0 radical (unpaired) electrons. The van der Waals surface area contributed by atoms with E-state index in [1.54, 1.807) is 25.1 Å². The molecule has 4 N–H and O–H groups in total. The number of para-hydroxylation sites is 1. The molecule has 2 aromatic rings. The van der Waals surface area contributed by atoms with Gasteiger partial charge >= 0.3 is 0 Å². The summed E-state index contributed by atoms with van der Waals surface area (Å²) in [5.41, 5.74) is 5.70. The fourth-order valence-electron chi connectivity index (χ4n) is 1.47. The van der Waals surface area contributed by atoms with Crippen LogP contribution in [-0.4, -0.2) is 32.7 Å². The highest BCUT2D eigenvalue weighted by molar-refractivity contribution is 8.00. The Morgan fingerprint density at radius 1 is 1.40 bits per heavy atom. The van der Waals surface area contributed by atoms with Crippen LogP contribution in [-0.2, 0) is 4.79 Å². The monoisotopic (exact) mass is 291 g/mol. The predicted molar refractivity (Wildman–Crippen MR) is 75.4 cm³/mol. The molecule has 0 saturated heterocycles. The van der Waals surface area contributed by atoms with E-state index in [2.05, 4.69) is 20.5 Å². The number of benzene rings is 1. The molecule has 0 atom stereocenters. The number of nitrogens with two attached hydrogens (primary N) is 1. The average Bonchev–Trinajstić information content (AvgIpc) is 2.84. The number of carbonyl (C=O) groups excluding carboxylic acids is 2. The Bertz CT molecular complexity index is 640. The molecule has 0 saturated carbocycles. The number of aromatic amines is 1. The summed E-state index contributed by atoms with van der Waals surface area (Å²) >= 11 is 1.26. The zero-order valence-electron chi connectivity index (χ0n) is 10.7. The van der Waals surface area contributed by atoms with E-state index in [1.807, 2.05) is 6.07 Å². The molecule has 0 fully saturated rings. The summed E-state index contributed by atoms with van der Waals surface area (Å²) in [4.78, 5) is 27.5. The number of nitrogens with one attached hydrogen (secondary N) is 2. The number of hydrogen-bond donors (Lipinski definition) is 3. The average molecular weight is 291 g/mol. The summed E-state index contributed by atoms with van der Waals surface area (Å²) in [5, 5.41) is 9.10. The standard InChI is InChI=1S/C12H13N5O2S/c1-7-14-11(17-16-7)12(19)15-8-4-2-3-5-9(8)20-6-10(13)18/h2-5H,6H2,1H3,(H2,13,18)(H,15,19)(H,14,16,17). The van der Waals surface area contributed by atoms with Crippen molar-refractivity contribution in [1.29, 1.82) is 0 Å². The molecule has 1 aromatic carbocycles. The van der Waals surface area contributed by atoms with E-state index in [0.717, 1.165) is 4.90 Å². The molecule has 0 bridgehead atoms. The molecule has 2 amide bonds. The number of anilines is 1. The van der Waals surface area contributed by atoms with Crippen molar-refractivity contribution in [2.24, 2.45) is 5.73 Å². The van der Waals surface area contributed by atoms with Crippen LogP contribution in [0.5, 0.6) is 0 Å². The third kappa shape index (κ3) is 3.58. The molecule has 0 unspecified atom stereocenters. The Kier molecular flexibility index (Phi) is 4.36. The van der Waals surface area contributed by atoms with Crippen molar-refractivity contribution in [3.8, 4) is 0 Å². The molecule has 1 heterocycles. The van der Waals surface area contributed by atoms with Gasteiger partial charge in [-0.15, -0.1) is 16.9 Å². The van der Waals surface area contributed by atoms with Crippen molar-refractivity contribution >= 4 is 29.3 Å². The third-order valence-electron chi connectivity index (χ3n) is 2.31. The number of primary amides is 1. The second kappa shape index (κ2) is 6.20. The van der Waals surface area contributed by atoms with Crippen LogP contribution in [0.1, 0.15) is 16.4 Å². The van der Waals surface area contributed by atoms with Gasteiger partial charge in [0.1, 0.15) is 5.82 Å². The van der Waals surface area contributed by atoms with Gasteiger partial charge < -0.3 is 11.1 Å². The number of H-pyrrole nitrogens is 1. The summed E-state index contributed by atoms with van der Waals surface area (Å²) in [6, 6.07) is 7.14. The lowest BCUT2D eigenvalue weighted by Gasteiger charge is -2.08. The third-order valence-corrected chi connectivity index (χ3v) is 3.40. The molecule has 0 aliphatic rings. The first-order chi connectivity index (χ1) is 9.56. The number of aryl methyl sites for hydroxylation is 1. The maximum absolute atomic E-state index is 12.0. The predicted octanol–water partition coefficient (Wildman–Crippen LogP) is 0.943. The van der Waals surface area contributed by atoms with Crippen molar-refractivity contribution in [3.63, 3.8) is 0 Å². The Labute approximate surface area is 119 Å². The van der Waals surface area contributed by atoms with E-state index in [9.17, 15) is 9.59 Å². The van der Waals surface area contributed by atoms with Gasteiger partial charge in [-0.05, 0) is 19.1 Å². The van der Waals surface area contributed by atoms with Gasteiger partial charge in [-0.3, -0.25) is 14.7 Å². The lowest BCUT2D eigenvalue weighted by atomic mass is 10.3. The maximum Gasteiger partial charge on any atom is 0.295 e. The second-order valence-corrected chi connectivity index (χ2v) is 4.97. The number of hydrogen-bond acceptors (Lipinski definition) is 5. The number of aromatic nitrogens is 3. The van der Waals surface area contributed by atoms with Crippen molar-refractivity contribution in [2.75, 3.05) is 11.1 Å². The molecular formula is C12H13N5O2S. The van der Waals surface area contributed by atoms with E-state index < -0.39 is 11.8 Å². The van der Waals surface area contributed by atoms with Gasteiger partial charge in [-0.2, -0.15) is 0 Å². The fourth-order valence-corrected chi connectivity index (χ4v) is 2.21. The molecule has 1 aromatic heterocycles. The molecule has 104 valence electrons. The Hall–Kier alpha value is -2.35. The van der Waals surface area contributed by atoms with Crippen LogP contribution in [0.15, 0.2) is 29.2 Å². The van der Waals surface area contributed by atoms with Gasteiger partial charge in [0.25, 0.3) is 5.91 Å². The van der Waals surface area contributed by atoms with Gasteiger partial charge in [0.05, 0.1) is 11.4 Å². The van der Waals surface area contributed by atoms with E-state index in [4.69, 9.17) is 5.73 Å². The zero-order chi connectivity index (χ0) is 14.5. The Balaban J connectivity index is 2.12. The van der Waals surface area contributed by atoms with Crippen LogP contribution in [0.25, 0.3) is 0 Å². The number of rotatable bonds is 5. The molecule has 0 spiro atoms. The highest BCUT2D eigenvalue weighted by atomic mass is 32.2. The first kappa shape index (κ1) is 14.1. The summed E-state index contributed by atoms with van der Waals surface area (Å²) in [5.74, 6) is -0.0574. The lowest BCUT2D eigenvalue weighted by molar-refractivity contribution is -0.115. The van der Waals surface area contributed by atoms with Crippen LogP contribution >= 0.6 is 11.8 Å². The summed E-state index contributed by atoms with van der Waals surface area (Å²) < 4.78 is 0. The summed E-state index contributed by atoms with van der Waals surface area (Å²) in [7, 11) is 0. The molecular weight excluding hydrogens is 278 g/mol. The number of thioether (sulfide) groups is 1. The SMILES string of the molecule is Cc1nc(C(=O)Nc2ccccc2SCC(N)=O)n[nH]1. The highest BCUT2D eigenvalue weighted by Crippen LogP contribution is 2.26. The first-order valence-corrected chi connectivity index (χ1v) is 6.75. The smallest absolute Gasteiger partial charge is 0.295 e. The van der Waals surface area contributed by atoms with E-state index >= 15 is 0 Å². The van der Waals surface area contributed by atoms with E-state index in [-0.39, 0.29) is 11.6 Å². The van der Waals surface area contributed by atoms with Crippen LogP contribution in [0.4, 0.5) is 5.69 Å². The van der Waals surface area contributed by atoms with Crippen molar-refractivity contribution in [3.05, 3.63) is 35.9 Å². The largest absolute Gasteiger partial charge is 0.369 e. The Morgan fingerprint density at radius 2 is 2.15 bits per heavy atom. The molecule has 2 rings (SSSR count). The molecule has 0 aliphatic heterocycles. The minimum atomic E-state index is -0.416. The molecule has 20 heavy (non-hydrogen) atoms. The van der Waals surface area contributed by atoms with Crippen molar-refractivity contribution < 1.29 is 9.59 Å². The van der Waals surface area contributed by atoms with Gasteiger partial charge in [0.15, 0.2) is 0 Å². The zero-order valence-corrected chi connectivity index (χ0v) is 11.5. The number of carbonyl (C=O) groups is 2. The van der Waals surface area contributed by atoms with Gasteiger partial charge in [0, 0.05) is 4.90 Å². The van der Waals surface area contributed by atoms with Gasteiger partial charge in [-0.25, -0.2) is 4.98 Å². The van der Waals surface area contributed by atoms with Gasteiger partial charge in [-0.1, -0.05) is 12.1 Å². The quantitative estimate of drug-likeness (QED) is 0.709. The van der Waals surface area contributed by atoms with Crippen LogP contribution in [0.3, 0.4) is 0 Å². The molecule has 7 nitrogen and oxygen atoms in total. The van der Waals surface area contributed by atoms with Crippen LogP contribution < -0.4 is 11.1 Å². The second-order valence-electron chi connectivity index (χ2n) is 3.95. The van der Waals surface area contributed by atoms with E-state index in [0.29, 0.717) is 11.5 Å². The van der Waals surface area contributed by atoms with Crippen molar-refractivity contribution in [2.45, 2.75) is 11.8 Å². The Morgan fingerprint density at radius 3 is 2.80 bits per heavy atom. The summed E-state index contributed by atoms with van der Waals surface area (Å²) in [6.45, 7) is 1.71. The normalized spacial score (nSPS) is 10.2. The van der Waals surface area contributed by atoms with Crippen LogP contribution in [0, 0.1) is 6.92 Å². The maximum atomic E-state index is 12.0. The highest BCUT2D eigenvalue weighted by Gasteiger charge is 2.13. The molecule has 0 aliphatic carbocycles. The van der Waals surface area contributed by atoms with Crippen molar-refractivity contribution in [1.82, 2.24) is 15.2 Å². The minimum absolute atomic E-state index is 0.0669. The first-order valence-electron chi connectivity index (χ1n) is 5.77. The fraction of sp³-hybridized carbons (Fsp3) is 0.167. The molecule has 8 heteroatoms. The number of nitrogens with zero attached hydrogens (tertiary/aromatic N) is 2. The van der Waals surface area contributed by atoms with E-state index in [1.165, 1.54) is 11.8 Å². The summed E-state index contributed by atoms with van der Waals surface area (Å²) in [6.07, 6.45) is 0.